The molecule has 6 nitrogen and oxygen atoms in total. The standard InChI is InChI=1S/C26H34N4O2/c1-29-18-21-7-3-2-6-20(21)16-24(29)25(31)28-17-23-9-10-26(32-23)11-14-30(15-12-26)19-22-8-4-5-13-27-22/h2-8,13,23-24H,9-12,14-19H2,1H3,(H,28,31). The Kier molecular flexibility index (Phi) is 6.26. The van der Waals surface area contributed by atoms with Crippen LogP contribution in [0.4, 0.5) is 0 Å². The van der Waals surface area contributed by atoms with Gasteiger partial charge < -0.3 is 10.1 Å². The van der Waals surface area contributed by atoms with Gasteiger partial charge in [-0.3, -0.25) is 19.6 Å². The van der Waals surface area contributed by atoms with Gasteiger partial charge >= 0.3 is 0 Å². The summed E-state index contributed by atoms with van der Waals surface area (Å²) in [5.74, 6) is 0.122. The second kappa shape index (κ2) is 9.30. The van der Waals surface area contributed by atoms with Crippen LogP contribution in [0.3, 0.4) is 0 Å². The zero-order valence-electron chi connectivity index (χ0n) is 19.0. The number of benzene rings is 1. The van der Waals surface area contributed by atoms with E-state index in [1.807, 2.05) is 19.3 Å². The van der Waals surface area contributed by atoms with E-state index in [1.54, 1.807) is 0 Å². The zero-order chi connectivity index (χ0) is 22.0. The topological polar surface area (TPSA) is 57.7 Å². The second-order valence-electron chi connectivity index (χ2n) is 9.71. The van der Waals surface area contributed by atoms with Gasteiger partial charge in [0.05, 0.1) is 23.4 Å². The average molecular weight is 435 g/mol. The predicted molar refractivity (Wildman–Crippen MR) is 124 cm³/mol. The summed E-state index contributed by atoms with van der Waals surface area (Å²) in [5, 5.41) is 3.19. The van der Waals surface area contributed by atoms with E-state index in [4.69, 9.17) is 4.74 Å². The third-order valence-corrected chi connectivity index (χ3v) is 7.51. The minimum atomic E-state index is -0.102. The summed E-state index contributed by atoms with van der Waals surface area (Å²) in [6.45, 7) is 4.44. The quantitative estimate of drug-likeness (QED) is 0.784. The van der Waals surface area contributed by atoms with E-state index < -0.39 is 0 Å². The maximum Gasteiger partial charge on any atom is 0.237 e. The average Bonchev–Trinajstić information content (AvgIpc) is 3.22. The van der Waals surface area contributed by atoms with Gasteiger partial charge in [-0.2, -0.15) is 0 Å². The maximum absolute atomic E-state index is 12.9. The largest absolute Gasteiger partial charge is 0.370 e. The number of likely N-dealkylation sites (N-methyl/N-ethyl adjacent to an activating group) is 1. The molecule has 2 unspecified atom stereocenters. The molecule has 3 aliphatic heterocycles. The number of piperidine rings is 1. The number of pyridine rings is 1. The molecule has 3 aliphatic rings. The van der Waals surface area contributed by atoms with Gasteiger partial charge in [0.2, 0.25) is 5.91 Å². The van der Waals surface area contributed by atoms with E-state index in [0.717, 1.165) is 64.0 Å². The number of carbonyl (C=O) groups is 1. The lowest BCUT2D eigenvalue weighted by molar-refractivity contribution is -0.128. The first-order chi connectivity index (χ1) is 15.6. The fourth-order valence-electron chi connectivity index (χ4n) is 5.53. The van der Waals surface area contributed by atoms with Crippen molar-refractivity contribution in [1.82, 2.24) is 20.1 Å². The molecule has 170 valence electrons. The Balaban J connectivity index is 1.09. The van der Waals surface area contributed by atoms with Crippen molar-refractivity contribution >= 4 is 5.91 Å². The van der Waals surface area contributed by atoms with Crippen LogP contribution in [-0.2, 0) is 29.0 Å². The Labute approximate surface area is 191 Å². The fraction of sp³-hybridized carbons (Fsp3) is 0.538. The summed E-state index contributed by atoms with van der Waals surface area (Å²) in [4.78, 5) is 22.0. The number of hydrogen-bond donors (Lipinski definition) is 1. The van der Waals surface area contributed by atoms with Crippen LogP contribution in [0.2, 0.25) is 0 Å². The smallest absolute Gasteiger partial charge is 0.237 e. The number of aromatic nitrogens is 1. The lowest BCUT2D eigenvalue weighted by Crippen LogP contribution is -2.50. The number of nitrogens with zero attached hydrogens (tertiary/aromatic N) is 3. The molecule has 1 spiro atoms. The molecular weight excluding hydrogens is 400 g/mol. The molecule has 1 aromatic heterocycles. The number of ether oxygens (including phenoxy) is 1. The van der Waals surface area contributed by atoms with Crippen molar-refractivity contribution in [3.05, 3.63) is 65.5 Å². The van der Waals surface area contributed by atoms with Crippen LogP contribution in [0.5, 0.6) is 0 Å². The van der Waals surface area contributed by atoms with Crippen molar-refractivity contribution in [2.45, 2.75) is 62.9 Å². The van der Waals surface area contributed by atoms with Crippen molar-refractivity contribution in [2.24, 2.45) is 0 Å². The SMILES string of the molecule is CN1Cc2ccccc2CC1C(=O)NCC1CCC2(CCN(Cc3ccccn3)CC2)O1. The van der Waals surface area contributed by atoms with Gasteiger partial charge in [0.1, 0.15) is 0 Å². The Bertz CT molecular complexity index is 926. The van der Waals surface area contributed by atoms with Crippen LogP contribution in [-0.4, -0.2) is 65.1 Å². The third-order valence-electron chi connectivity index (χ3n) is 7.51. The highest BCUT2D eigenvalue weighted by Crippen LogP contribution is 2.39. The predicted octanol–water partition coefficient (Wildman–Crippen LogP) is 2.77. The van der Waals surface area contributed by atoms with Crippen LogP contribution >= 0.6 is 0 Å². The number of rotatable bonds is 5. The molecule has 2 fully saturated rings. The summed E-state index contributed by atoms with van der Waals surface area (Å²) in [5.41, 5.74) is 3.75. The summed E-state index contributed by atoms with van der Waals surface area (Å²) >= 11 is 0. The van der Waals surface area contributed by atoms with E-state index in [-0.39, 0.29) is 23.7 Å². The molecule has 1 N–H and O–H groups in total. The lowest BCUT2D eigenvalue weighted by atomic mass is 9.88. The highest BCUT2D eigenvalue weighted by molar-refractivity contribution is 5.82. The summed E-state index contributed by atoms with van der Waals surface area (Å²) in [6.07, 6.45) is 7.02. The number of hydrogen-bond acceptors (Lipinski definition) is 5. The lowest BCUT2D eigenvalue weighted by Gasteiger charge is -2.39. The van der Waals surface area contributed by atoms with E-state index in [2.05, 4.69) is 56.5 Å². The van der Waals surface area contributed by atoms with Crippen molar-refractivity contribution < 1.29 is 9.53 Å². The van der Waals surface area contributed by atoms with Crippen molar-refractivity contribution in [2.75, 3.05) is 26.7 Å². The molecule has 0 radical (unpaired) electrons. The molecule has 5 rings (SSSR count). The van der Waals surface area contributed by atoms with Gasteiger partial charge in [-0.15, -0.1) is 0 Å². The van der Waals surface area contributed by atoms with E-state index >= 15 is 0 Å². The normalized spacial score (nSPS) is 25.5. The van der Waals surface area contributed by atoms with Gasteiger partial charge in [-0.05, 0) is 62.4 Å². The molecule has 2 saturated heterocycles. The number of amides is 1. The van der Waals surface area contributed by atoms with Gasteiger partial charge in [-0.1, -0.05) is 30.3 Å². The van der Waals surface area contributed by atoms with E-state index in [9.17, 15) is 4.79 Å². The molecule has 1 amide bonds. The van der Waals surface area contributed by atoms with Gasteiger partial charge in [0.25, 0.3) is 0 Å². The van der Waals surface area contributed by atoms with E-state index in [0.29, 0.717) is 6.54 Å². The molecule has 6 heteroatoms. The number of nitrogens with one attached hydrogen (secondary N) is 1. The summed E-state index contributed by atoms with van der Waals surface area (Å²) in [6, 6.07) is 14.4. The van der Waals surface area contributed by atoms with E-state index in [1.165, 1.54) is 11.1 Å². The number of likely N-dealkylation sites (tertiary alicyclic amines) is 1. The van der Waals surface area contributed by atoms with Crippen LogP contribution in [0.15, 0.2) is 48.7 Å². The van der Waals surface area contributed by atoms with Crippen LogP contribution in [0.1, 0.15) is 42.5 Å². The molecule has 1 aromatic carbocycles. The zero-order valence-corrected chi connectivity index (χ0v) is 19.0. The number of fused-ring (bicyclic) bond motifs is 1. The minimum Gasteiger partial charge on any atom is -0.370 e. The van der Waals surface area contributed by atoms with Crippen LogP contribution in [0.25, 0.3) is 0 Å². The first-order valence-corrected chi connectivity index (χ1v) is 12.0. The third kappa shape index (κ3) is 4.72. The highest BCUT2D eigenvalue weighted by Gasteiger charge is 2.42. The number of carbonyl (C=O) groups excluding carboxylic acids is 1. The first-order valence-electron chi connectivity index (χ1n) is 12.0. The van der Waals surface area contributed by atoms with Gasteiger partial charge in [0.15, 0.2) is 0 Å². The highest BCUT2D eigenvalue weighted by atomic mass is 16.5. The van der Waals surface area contributed by atoms with Crippen LogP contribution in [0, 0.1) is 0 Å². The Morgan fingerprint density at radius 2 is 1.91 bits per heavy atom. The monoisotopic (exact) mass is 434 g/mol. The fourth-order valence-corrected chi connectivity index (χ4v) is 5.53. The van der Waals surface area contributed by atoms with Crippen molar-refractivity contribution in [1.29, 1.82) is 0 Å². The van der Waals surface area contributed by atoms with Crippen LogP contribution < -0.4 is 5.32 Å². The van der Waals surface area contributed by atoms with Crippen molar-refractivity contribution in [3.63, 3.8) is 0 Å². The molecular formula is C26H34N4O2. The van der Waals surface area contributed by atoms with Crippen molar-refractivity contribution in [3.8, 4) is 0 Å². The maximum atomic E-state index is 12.9. The minimum absolute atomic E-state index is 0.00339. The summed E-state index contributed by atoms with van der Waals surface area (Å²) in [7, 11) is 2.04. The Morgan fingerprint density at radius 3 is 2.69 bits per heavy atom. The Hall–Kier alpha value is -2.28. The molecule has 0 aliphatic carbocycles. The Morgan fingerprint density at radius 1 is 1.12 bits per heavy atom. The molecule has 32 heavy (non-hydrogen) atoms. The molecule has 0 saturated carbocycles. The molecule has 2 aromatic rings. The van der Waals surface area contributed by atoms with Gasteiger partial charge in [0, 0.05) is 38.9 Å². The molecule has 4 heterocycles. The molecule has 2 atom stereocenters. The first kappa shape index (κ1) is 21.6. The second-order valence-corrected chi connectivity index (χ2v) is 9.71. The summed E-state index contributed by atoms with van der Waals surface area (Å²) < 4.78 is 6.54. The van der Waals surface area contributed by atoms with Gasteiger partial charge in [-0.25, -0.2) is 0 Å². The molecule has 0 bridgehead atoms.